The Labute approximate surface area is 233 Å². The van der Waals surface area contributed by atoms with Gasteiger partial charge in [0.15, 0.2) is 0 Å². The van der Waals surface area contributed by atoms with Crippen molar-refractivity contribution in [1.29, 1.82) is 0 Å². The molecule has 5 aromatic rings. The summed E-state index contributed by atoms with van der Waals surface area (Å²) in [6, 6.07) is 37.2. The summed E-state index contributed by atoms with van der Waals surface area (Å²) in [6.45, 7) is 0. The molecular weight excluding hydrogens is 496 g/mol. The zero-order valence-corrected chi connectivity index (χ0v) is 21.8. The zero-order chi connectivity index (χ0) is 27.7. The molecule has 0 spiro atoms. The van der Waals surface area contributed by atoms with Crippen molar-refractivity contribution in [2.24, 2.45) is 0 Å². The largest absolute Gasteiger partial charge is 0.342 e. The number of nitrogens with one attached hydrogen (secondary N) is 2. The quantitative estimate of drug-likeness (QED) is 0.164. The second kappa shape index (κ2) is 12.5. The van der Waals surface area contributed by atoms with Gasteiger partial charge in [-0.1, -0.05) is 103 Å². The van der Waals surface area contributed by atoms with E-state index in [9.17, 15) is 14.4 Å². The Bertz CT molecular complexity index is 1680. The normalized spacial score (nSPS) is 11.7. The monoisotopic (exact) mass is 524 g/mol. The first-order valence-electron chi connectivity index (χ1n) is 13.1. The summed E-state index contributed by atoms with van der Waals surface area (Å²) < 4.78 is 0. The highest BCUT2D eigenvalue weighted by Gasteiger charge is 2.17. The first-order valence-corrected chi connectivity index (χ1v) is 13.1. The Morgan fingerprint density at radius 1 is 0.675 bits per heavy atom. The third-order valence-electron chi connectivity index (χ3n) is 6.60. The van der Waals surface area contributed by atoms with E-state index in [4.69, 9.17) is 0 Å². The van der Waals surface area contributed by atoms with Crippen LogP contribution in [0, 0.1) is 0 Å². The smallest absolute Gasteiger partial charge is 0.255 e. The van der Waals surface area contributed by atoms with E-state index >= 15 is 0 Å². The Morgan fingerprint density at radius 3 is 2.12 bits per heavy atom. The molecule has 0 fully saturated rings. The molecule has 0 aromatic heterocycles. The van der Waals surface area contributed by atoms with Crippen LogP contribution in [0.15, 0.2) is 121 Å². The molecule has 1 atom stereocenters. The molecule has 0 aliphatic heterocycles. The highest BCUT2D eigenvalue weighted by Crippen LogP contribution is 2.22. The molecule has 0 saturated heterocycles. The minimum Gasteiger partial charge on any atom is -0.342 e. The minimum absolute atomic E-state index is 0.246. The maximum Gasteiger partial charge on any atom is 0.255 e. The summed E-state index contributed by atoms with van der Waals surface area (Å²) in [6.07, 6.45) is 4.89. The lowest BCUT2D eigenvalue weighted by atomic mass is 10.0. The topological polar surface area (TPSA) is 75.3 Å². The number of carbonyl (C=O) groups is 3. The van der Waals surface area contributed by atoms with Gasteiger partial charge >= 0.3 is 0 Å². The van der Waals surface area contributed by atoms with E-state index < -0.39 is 6.04 Å². The van der Waals surface area contributed by atoms with E-state index in [2.05, 4.69) is 10.6 Å². The van der Waals surface area contributed by atoms with Crippen molar-refractivity contribution < 1.29 is 14.4 Å². The number of aldehydes is 1. The summed E-state index contributed by atoms with van der Waals surface area (Å²) in [5.41, 5.74) is 4.03. The van der Waals surface area contributed by atoms with Crippen LogP contribution in [-0.2, 0) is 11.2 Å². The van der Waals surface area contributed by atoms with Crippen LogP contribution in [0.3, 0.4) is 0 Å². The van der Waals surface area contributed by atoms with Crippen molar-refractivity contribution >= 4 is 46.7 Å². The van der Waals surface area contributed by atoms with Crippen molar-refractivity contribution in [2.45, 2.75) is 12.5 Å². The van der Waals surface area contributed by atoms with Crippen LogP contribution in [0.25, 0.3) is 22.9 Å². The van der Waals surface area contributed by atoms with E-state index in [1.54, 1.807) is 24.3 Å². The van der Waals surface area contributed by atoms with Gasteiger partial charge in [-0.25, -0.2) is 0 Å². The van der Waals surface area contributed by atoms with Crippen LogP contribution in [0.4, 0.5) is 5.69 Å². The fraction of sp³-hybridized carbons (Fsp3) is 0.0571. The lowest BCUT2D eigenvalue weighted by molar-refractivity contribution is -0.109. The minimum atomic E-state index is -0.673. The van der Waals surface area contributed by atoms with Crippen LogP contribution >= 0.6 is 0 Å². The Hall–Kier alpha value is -5.29. The predicted molar refractivity (Wildman–Crippen MR) is 161 cm³/mol. The molecule has 0 heterocycles. The number of benzene rings is 5. The number of hydrogen-bond donors (Lipinski definition) is 2. The van der Waals surface area contributed by atoms with Gasteiger partial charge in [-0.3, -0.25) is 9.59 Å². The van der Waals surface area contributed by atoms with Gasteiger partial charge < -0.3 is 15.4 Å². The molecule has 40 heavy (non-hydrogen) atoms. The maximum atomic E-state index is 13.3. The molecule has 0 aliphatic rings. The van der Waals surface area contributed by atoms with Gasteiger partial charge in [0, 0.05) is 16.8 Å². The van der Waals surface area contributed by atoms with E-state index in [-0.39, 0.29) is 11.8 Å². The lowest BCUT2D eigenvalue weighted by Crippen LogP contribution is -2.37. The van der Waals surface area contributed by atoms with Gasteiger partial charge in [0.2, 0.25) is 0 Å². The first kappa shape index (κ1) is 26.3. The van der Waals surface area contributed by atoms with Gasteiger partial charge in [-0.2, -0.15) is 0 Å². The zero-order valence-electron chi connectivity index (χ0n) is 21.8. The second-order valence-electron chi connectivity index (χ2n) is 9.47. The molecule has 0 saturated carbocycles. The van der Waals surface area contributed by atoms with Gasteiger partial charge in [0.25, 0.3) is 11.8 Å². The lowest BCUT2D eigenvalue weighted by Gasteiger charge is -2.15. The highest BCUT2D eigenvalue weighted by molar-refractivity contribution is 6.07. The van der Waals surface area contributed by atoms with Gasteiger partial charge in [-0.05, 0) is 64.2 Å². The predicted octanol–water partition coefficient (Wildman–Crippen LogP) is 6.80. The number of hydrogen-bond acceptors (Lipinski definition) is 3. The molecule has 0 unspecified atom stereocenters. The molecule has 0 bridgehead atoms. The molecule has 196 valence electrons. The van der Waals surface area contributed by atoms with Crippen LogP contribution in [0.1, 0.15) is 37.4 Å². The van der Waals surface area contributed by atoms with E-state index in [1.165, 1.54) is 0 Å². The first-order chi connectivity index (χ1) is 19.6. The van der Waals surface area contributed by atoms with Crippen molar-refractivity contribution in [2.75, 3.05) is 5.32 Å². The van der Waals surface area contributed by atoms with Crippen LogP contribution in [0.5, 0.6) is 0 Å². The van der Waals surface area contributed by atoms with Gasteiger partial charge in [0.05, 0.1) is 6.04 Å². The van der Waals surface area contributed by atoms with Crippen LogP contribution in [-0.4, -0.2) is 24.1 Å². The molecule has 2 N–H and O–H groups in total. The third-order valence-corrected chi connectivity index (χ3v) is 6.60. The molecule has 5 nitrogen and oxygen atoms in total. The van der Waals surface area contributed by atoms with Gasteiger partial charge in [0.1, 0.15) is 6.29 Å². The summed E-state index contributed by atoms with van der Waals surface area (Å²) in [7, 11) is 0. The van der Waals surface area contributed by atoms with Crippen molar-refractivity contribution in [3.63, 3.8) is 0 Å². The van der Waals surface area contributed by atoms with E-state index in [0.29, 0.717) is 28.8 Å². The summed E-state index contributed by atoms with van der Waals surface area (Å²) >= 11 is 0. The number of fused-ring (bicyclic) bond motifs is 1. The Balaban J connectivity index is 1.40. The molecule has 0 aliphatic carbocycles. The fourth-order valence-corrected chi connectivity index (χ4v) is 4.52. The number of amides is 2. The summed E-state index contributed by atoms with van der Waals surface area (Å²) in [5, 5.41) is 7.84. The molecule has 5 heteroatoms. The average Bonchev–Trinajstić information content (AvgIpc) is 3.00. The second-order valence-corrected chi connectivity index (χ2v) is 9.47. The molecule has 5 rings (SSSR count). The molecule has 5 aromatic carbocycles. The summed E-state index contributed by atoms with van der Waals surface area (Å²) in [4.78, 5) is 38.2. The van der Waals surface area contributed by atoms with Crippen LogP contribution < -0.4 is 10.6 Å². The average molecular weight is 525 g/mol. The van der Waals surface area contributed by atoms with Crippen molar-refractivity contribution in [1.82, 2.24) is 5.32 Å². The highest BCUT2D eigenvalue weighted by atomic mass is 16.2. The van der Waals surface area contributed by atoms with E-state index in [0.717, 1.165) is 28.2 Å². The summed E-state index contributed by atoms with van der Waals surface area (Å²) in [5.74, 6) is -0.613. The number of anilines is 1. The molecular formula is C35H28N2O3. The molecule has 0 radical (unpaired) electrons. The fourth-order valence-electron chi connectivity index (χ4n) is 4.52. The SMILES string of the molecule is O=C[C@H](Cc1ccccc1)NC(=O)c1ccc(NC(=O)c2ccc3ccccc3c2)cc1C=Cc1ccccc1. The van der Waals surface area contributed by atoms with Crippen molar-refractivity contribution in [3.05, 3.63) is 149 Å². The third kappa shape index (κ3) is 6.58. The van der Waals surface area contributed by atoms with Gasteiger partial charge in [-0.15, -0.1) is 0 Å². The number of rotatable bonds is 9. The van der Waals surface area contributed by atoms with Crippen molar-refractivity contribution in [3.8, 4) is 0 Å². The Morgan fingerprint density at radius 2 is 1.38 bits per heavy atom. The van der Waals surface area contributed by atoms with Crippen LogP contribution in [0.2, 0.25) is 0 Å². The Kier molecular flexibility index (Phi) is 8.23. The number of carbonyl (C=O) groups excluding carboxylic acids is 3. The van der Waals surface area contributed by atoms with E-state index in [1.807, 2.05) is 109 Å². The molecule has 2 amide bonds. The standard InChI is InChI=1S/C35H28N2O3/c38-24-32(21-26-11-5-2-6-12-26)37-35(40)33-20-19-31(23-29(33)16-15-25-9-3-1-4-10-25)36-34(39)30-18-17-27-13-7-8-14-28(27)22-30/h1-20,22-24,32H,21H2,(H,36,39)(H,37,40)/t32-/m0/s1. The maximum absolute atomic E-state index is 13.3.